The molecule has 1 aromatic heterocycles. The van der Waals surface area contributed by atoms with Gasteiger partial charge in [-0.2, -0.15) is 0 Å². The summed E-state index contributed by atoms with van der Waals surface area (Å²) in [6, 6.07) is 0. The number of nitrogens with two attached hydrogens (primary N) is 1. The zero-order valence-corrected chi connectivity index (χ0v) is 12.2. The monoisotopic (exact) mass is 264 g/mol. The molecule has 0 amide bonds. The third-order valence-electron chi connectivity index (χ3n) is 4.48. The quantitative estimate of drug-likeness (QED) is 0.783. The summed E-state index contributed by atoms with van der Waals surface area (Å²) < 4.78 is 2.16. The van der Waals surface area contributed by atoms with E-state index in [2.05, 4.69) is 21.4 Å². The number of nitrogens with zero attached hydrogens (tertiary/aromatic N) is 3. The molecule has 0 bridgehead atoms. The van der Waals surface area contributed by atoms with Crippen molar-refractivity contribution in [2.75, 3.05) is 19.6 Å². The van der Waals surface area contributed by atoms with Gasteiger partial charge in [0, 0.05) is 37.6 Å². The van der Waals surface area contributed by atoms with Gasteiger partial charge in [-0.25, -0.2) is 4.98 Å². The number of imidazole rings is 1. The lowest BCUT2D eigenvalue weighted by atomic mass is 9.94. The summed E-state index contributed by atoms with van der Waals surface area (Å²) in [6.45, 7) is 6.48. The van der Waals surface area contributed by atoms with Crippen LogP contribution in [0.4, 0.5) is 0 Å². The van der Waals surface area contributed by atoms with E-state index in [0.29, 0.717) is 5.54 Å². The van der Waals surface area contributed by atoms with E-state index in [-0.39, 0.29) is 0 Å². The first-order valence-corrected chi connectivity index (χ1v) is 7.71. The minimum absolute atomic E-state index is 0.297. The van der Waals surface area contributed by atoms with Gasteiger partial charge in [-0.3, -0.25) is 4.90 Å². The van der Waals surface area contributed by atoms with Gasteiger partial charge in [0.2, 0.25) is 0 Å². The van der Waals surface area contributed by atoms with Crippen LogP contribution in [0.3, 0.4) is 0 Å². The third kappa shape index (κ3) is 3.57. The lowest BCUT2D eigenvalue weighted by Crippen LogP contribution is -2.52. The highest BCUT2D eigenvalue weighted by atomic mass is 15.2. The molecule has 0 spiro atoms. The molecule has 1 aliphatic carbocycles. The Kier molecular flexibility index (Phi) is 5.40. The lowest BCUT2D eigenvalue weighted by molar-refractivity contribution is 0.0957. The van der Waals surface area contributed by atoms with Crippen LogP contribution in [0.25, 0.3) is 0 Å². The molecule has 19 heavy (non-hydrogen) atoms. The second-order valence-corrected chi connectivity index (χ2v) is 5.78. The van der Waals surface area contributed by atoms with Crippen LogP contribution in [0.5, 0.6) is 0 Å². The first-order valence-electron chi connectivity index (χ1n) is 7.71. The fourth-order valence-corrected chi connectivity index (χ4v) is 3.40. The Morgan fingerprint density at radius 2 is 2.11 bits per heavy atom. The summed E-state index contributed by atoms with van der Waals surface area (Å²) in [7, 11) is 0. The SMILES string of the molecule is CCCN(CCCn1ccnc1)C1(CN)CCCC1. The second kappa shape index (κ2) is 7.06. The zero-order chi connectivity index (χ0) is 13.6. The number of hydrogen-bond acceptors (Lipinski definition) is 3. The van der Waals surface area contributed by atoms with E-state index < -0.39 is 0 Å². The first kappa shape index (κ1) is 14.5. The molecule has 0 radical (unpaired) electrons. The standard InChI is InChI=1S/C15H28N4/c1-2-9-19(15(13-16)6-3-4-7-15)11-5-10-18-12-8-17-14-18/h8,12,14H,2-7,9-11,13,16H2,1H3. The molecule has 1 aliphatic rings. The normalized spacial score (nSPS) is 18.3. The Morgan fingerprint density at radius 1 is 1.32 bits per heavy atom. The molecule has 0 unspecified atom stereocenters. The first-order chi connectivity index (χ1) is 9.30. The highest BCUT2D eigenvalue weighted by Crippen LogP contribution is 2.34. The van der Waals surface area contributed by atoms with Gasteiger partial charge in [0.1, 0.15) is 0 Å². The van der Waals surface area contributed by atoms with Crippen LogP contribution in [0.2, 0.25) is 0 Å². The Morgan fingerprint density at radius 3 is 2.68 bits per heavy atom. The molecule has 0 saturated heterocycles. The molecule has 1 fully saturated rings. The molecule has 0 atom stereocenters. The van der Waals surface area contributed by atoms with Gasteiger partial charge in [-0.05, 0) is 32.2 Å². The molecule has 1 heterocycles. The van der Waals surface area contributed by atoms with Gasteiger partial charge >= 0.3 is 0 Å². The number of hydrogen-bond donors (Lipinski definition) is 1. The maximum Gasteiger partial charge on any atom is 0.0945 e. The van der Waals surface area contributed by atoms with Crippen molar-refractivity contribution in [3.8, 4) is 0 Å². The van der Waals surface area contributed by atoms with Crippen LogP contribution < -0.4 is 5.73 Å². The van der Waals surface area contributed by atoms with Crippen LogP contribution in [-0.2, 0) is 6.54 Å². The van der Waals surface area contributed by atoms with Crippen molar-refractivity contribution in [1.82, 2.24) is 14.5 Å². The zero-order valence-electron chi connectivity index (χ0n) is 12.2. The van der Waals surface area contributed by atoms with Gasteiger partial charge in [-0.15, -0.1) is 0 Å². The van der Waals surface area contributed by atoms with E-state index in [0.717, 1.165) is 19.6 Å². The number of aromatic nitrogens is 2. The summed E-state index contributed by atoms with van der Waals surface area (Å²) >= 11 is 0. The molecule has 2 rings (SSSR count). The maximum absolute atomic E-state index is 6.11. The maximum atomic E-state index is 6.11. The average Bonchev–Trinajstić information content (AvgIpc) is 3.10. The van der Waals surface area contributed by atoms with Gasteiger partial charge < -0.3 is 10.3 Å². The predicted molar refractivity (Wildman–Crippen MR) is 79.0 cm³/mol. The molecule has 0 aromatic carbocycles. The molecular weight excluding hydrogens is 236 g/mol. The van der Waals surface area contributed by atoms with E-state index in [9.17, 15) is 0 Å². The molecule has 0 aliphatic heterocycles. The van der Waals surface area contributed by atoms with Crippen molar-refractivity contribution < 1.29 is 0 Å². The largest absolute Gasteiger partial charge is 0.337 e. The second-order valence-electron chi connectivity index (χ2n) is 5.78. The van der Waals surface area contributed by atoms with E-state index in [4.69, 9.17) is 5.73 Å². The third-order valence-corrected chi connectivity index (χ3v) is 4.48. The minimum Gasteiger partial charge on any atom is -0.337 e. The Bertz CT molecular complexity index is 341. The Labute approximate surface area is 117 Å². The van der Waals surface area contributed by atoms with E-state index in [1.165, 1.54) is 45.1 Å². The van der Waals surface area contributed by atoms with Gasteiger partial charge in [0.05, 0.1) is 6.33 Å². The number of aryl methyl sites for hydroxylation is 1. The Balaban J connectivity index is 1.88. The summed E-state index contributed by atoms with van der Waals surface area (Å²) in [5.41, 5.74) is 6.41. The highest BCUT2D eigenvalue weighted by Gasteiger charge is 2.37. The average molecular weight is 264 g/mol. The van der Waals surface area contributed by atoms with Crippen molar-refractivity contribution >= 4 is 0 Å². The van der Waals surface area contributed by atoms with Crippen molar-refractivity contribution in [2.45, 2.75) is 57.5 Å². The van der Waals surface area contributed by atoms with Gasteiger partial charge in [0.25, 0.3) is 0 Å². The summed E-state index contributed by atoms with van der Waals surface area (Å²) in [6.07, 6.45) is 13.4. The van der Waals surface area contributed by atoms with Crippen molar-refractivity contribution in [1.29, 1.82) is 0 Å². The van der Waals surface area contributed by atoms with Crippen LogP contribution in [-0.4, -0.2) is 39.6 Å². The molecule has 108 valence electrons. The predicted octanol–water partition coefficient (Wildman–Crippen LogP) is 2.26. The summed E-state index contributed by atoms with van der Waals surface area (Å²) in [5, 5.41) is 0. The molecule has 1 saturated carbocycles. The molecule has 4 heteroatoms. The van der Waals surface area contributed by atoms with E-state index >= 15 is 0 Å². The molecular formula is C15H28N4. The topological polar surface area (TPSA) is 47.1 Å². The van der Waals surface area contributed by atoms with Crippen molar-refractivity contribution in [3.63, 3.8) is 0 Å². The van der Waals surface area contributed by atoms with Gasteiger partial charge in [-0.1, -0.05) is 19.8 Å². The summed E-state index contributed by atoms with van der Waals surface area (Å²) in [5.74, 6) is 0. The van der Waals surface area contributed by atoms with Gasteiger partial charge in [0.15, 0.2) is 0 Å². The minimum atomic E-state index is 0.297. The van der Waals surface area contributed by atoms with Crippen LogP contribution >= 0.6 is 0 Å². The van der Waals surface area contributed by atoms with Crippen LogP contribution in [0.15, 0.2) is 18.7 Å². The summed E-state index contributed by atoms with van der Waals surface area (Å²) in [4.78, 5) is 6.76. The smallest absolute Gasteiger partial charge is 0.0945 e. The van der Waals surface area contributed by atoms with Crippen molar-refractivity contribution in [2.24, 2.45) is 5.73 Å². The molecule has 2 N–H and O–H groups in total. The highest BCUT2D eigenvalue weighted by molar-refractivity contribution is 4.95. The molecule has 4 nitrogen and oxygen atoms in total. The molecule has 1 aromatic rings. The Hall–Kier alpha value is -0.870. The van der Waals surface area contributed by atoms with E-state index in [1.807, 2.05) is 18.7 Å². The lowest BCUT2D eigenvalue weighted by Gasteiger charge is -2.41. The van der Waals surface area contributed by atoms with Crippen LogP contribution in [0.1, 0.15) is 45.4 Å². The van der Waals surface area contributed by atoms with E-state index in [1.54, 1.807) is 0 Å². The van der Waals surface area contributed by atoms with Crippen LogP contribution in [0, 0.1) is 0 Å². The number of rotatable bonds is 8. The van der Waals surface area contributed by atoms with Crippen molar-refractivity contribution in [3.05, 3.63) is 18.7 Å². The fraction of sp³-hybridized carbons (Fsp3) is 0.800. The fourth-order valence-electron chi connectivity index (χ4n) is 3.40.